The summed E-state index contributed by atoms with van der Waals surface area (Å²) >= 11 is 7.48. The van der Waals surface area contributed by atoms with Crippen molar-refractivity contribution in [1.29, 1.82) is 0 Å². The number of nitrogens with one attached hydrogen (secondary N) is 2. The zero-order valence-corrected chi connectivity index (χ0v) is 17.5. The Kier molecular flexibility index (Phi) is 7.59. The van der Waals surface area contributed by atoms with Gasteiger partial charge in [-0.25, -0.2) is 13.2 Å². The fraction of sp³-hybridized carbons (Fsp3) is 0.0909. The van der Waals surface area contributed by atoms with Crippen LogP contribution in [0.4, 0.5) is 18.9 Å². The molecule has 2 N–H and O–H groups in total. The van der Waals surface area contributed by atoms with Gasteiger partial charge >= 0.3 is 0 Å². The van der Waals surface area contributed by atoms with Crippen LogP contribution in [0, 0.1) is 17.5 Å². The molecule has 2 amide bonds. The molecule has 0 heterocycles. The minimum absolute atomic E-state index is 0.340. The van der Waals surface area contributed by atoms with Gasteiger partial charge in [-0.2, -0.15) is 0 Å². The number of amides is 2. The highest BCUT2D eigenvalue weighted by Crippen LogP contribution is 2.24. The Balaban J connectivity index is 1.49. The van der Waals surface area contributed by atoms with Crippen LogP contribution in [0.3, 0.4) is 0 Å². The lowest BCUT2D eigenvalue weighted by Crippen LogP contribution is -2.33. The van der Waals surface area contributed by atoms with Gasteiger partial charge in [-0.3, -0.25) is 9.59 Å². The summed E-state index contributed by atoms with van der Waals surface area (Å²) in [5.74, 6) is -5.14. The number of benzene rings is 3. The third-order valence-corrected chi connectivity index (χ3v) is 5.49. The van der Waals surface area contributed by atoms with Crippen LogP contribution >= 0.6 is 23.4 Å². The second kappa shape index (κ2) is 10.4. The Hall–Kier alpha value is -2.97. The molecule has 31 heavy (non-hydrogen) atoms. The molecule has 0 aromatic heterocycles. The number of hydrogen-bond acceptors (Lipinski definition) is 3. The average molecular weight is 465 g/mol. The van der Waals surface area contributed by atoms with Crippen LogP contribution in [0.15, 0.2) is 65.6 Å². The predicted molar refractivity (Wildman–Crippen MR) is 115 cm³/mol. The van der Waals surface area contributed by atoms with Crippen LogP contribution in [0.2, 0.25) is 5.02 Å². The third kappa shape index (κ3) is 6.26. The van der Waals surface area contributed by atoms with Crippen molar-refractivity contribution in [2.24, 2.45) is 0 Å². The molecule has 0 atom stereocenters. The molecule has 4 nitrogen and oxygen atoms in total. The molecular weight excluding hydrogens is 449 g/mol. The lowest BCUT2D eigenvalue weighted by molar-refractivity contribution is -0.115. The zero-order chi connectivity index (χ0) is 22.4. The number of rotatable bonds is 7. The van der Waals surface area contributed by atoms with Crippen molar-refractivity contribution in [2.75, 3.05) is 11.9 Å². The number of carbonyl (C=O) groups excluding carboxylic acids is 2. The molecule has 0 aliphatic rings. The van der Waals surface area contributed by atoms with E-state index in [0.29, 0.717) is 22.4 Å². The summed E-state index contributed by atoms with van der Waals surface area (Å²) in [5.41, 5.74) is 0.829. The van der Waals surface area contributed by atoms with E-state index < -0.39 is 41.5 Å². The van der Waals surface area contributed by atoms with Gasteiger partial charge in [-0.05, 0) is 54.1 Å². The van der Waals surface area contributed by atoms with Gasteiger partial charge in [0.2, 0.25) is 5.91 Å². The highest BCUT2D eigenvalue weighted by molar-refractivity contribution is 7.98. The molecule has 0 saturated carbocycles. The van der Waals surface area contributed by atoms with Crippen molar-refractivity contribution in [2.45, 2.75) is 10.6 Å². The van der Waals surface area contributed by atoms with Crippen molar-refractivity contribution in [1.82, 2.24) is 5.32 Å². The van der Waals surface area contributed by atoms with E-state index in [1.807, 2.05) is 24.3 Å². The van der Waals surface area contributed by atoms with E-state index in [9.17, 15) is 22.8 Å². The van der Waals surface area contributed by atoms with E-state index in [2.05, 4.69) is 10.6 Å². The molecule has 3 rings (SSSR count). The van der Waals surface area contributed by atoms with Gasteiger partial charge in [0.05, 0.1) is 12.2 Å². The SMILES string of the molecule is O=C(CNC(=O)c1ccc(CSc2ccc(Cl)cc2)cc1)Nc1ccc(F)c(F)c1F. The topological polar surface area (TPSA) is 58.2 Å². The Bertz CT molecular complexity index is 1090. The molecule has 0 fully saturated rings. The Morgan fingerprint density at radius 3 is 2.23 bits per heavy atom. The summed E-state index contributed by atoms with van der Waals surface area (Å²) in [6, 6.07) is 15.9. The molecule has 0 aliphatic heterocycles. The third-order valence-electron chi connectivity index (χ3n) is 4.15. The monoisotopic (exact) mass is 464 g/mol. The van der Waals surface area contributed by atoms with Gasteiger partial charge in [-0.15, -0.1) is 11.8 Å². The summed E-state index contributed by atoms with van der Waals surface area (Å²) in [5, 5.41) is 5.14. The van der Waals surface area contributed by atoms with Crippen LogP contribution in [-0.2, 0) is 10.5 Å². The van der Waals surface area contributed by atoms with Gasteiger partial charge in [-0.1, -0.05) is 23.7 Å². The Morgan fingerprint density at radius 2 is 1.55 bits per heavy atom. The molecule has 0 saturated heterocycles. The van der Waals surface area contributed by atoms with Crippen LogP contribution < -0.4 is 10.6 Å². The molecule has 9 heteroatoms. The maximum Gasteiger partial charge on any atom is 0.251 e. The van der Waals surface area contributed by atoms with Gasteiger partial charge in [0, 0.05) is 21.2 Å². The first-order chi connectivity index (χ1) is 14.8. The molecule has 0 spiro atoms. The van der Waals surface area contributed by atoms with Crippen LogP contribution in [-0.4, -0.2) is 18.4 Å². The van der Waals surface area contributed by atoms with Gasteiger partial charge < -0.3 is 10.6 Å². The normalized spacial score (nSPS) is 10.6. The van der Waals surface area contributed by atoms with Gasteiger partial charge in [0.25, 0.3) is 5.91 Å². The first kappa shape index (κ1) is 22.7. The fourth-order valence-corrected chi connectivity index (χ4v) is 3.51. The molecule has 0 unspecified atom stereocenters. The minimum atomic E-state index is -1.68. The van der Waals surface area contributed by atoms with Crippen LogP contribution in [0.5, 0.6) is 0 Å². The van der Waals surface area contributed by atoms with Crippen LogP contribution in [0.25, 0.3) is 0 Å². The van der Waals surface area contributed by atoms with E-state index in [4.69, 9.17) is 11.6 Å². The number of anilines is 1. The maximum absolute atomic E-state index is 13.6. The number of hydrogen-bond donors (Lipinski definition) is 2. The highest BCUT2D eigenvalue weighted by atomic mass is 35.5. The summed E-state index contributed by atoms with van der Waals surface area (Å²) < 4.78 is 39.7. The summed E-state index contributed by atoms with van der Waals surface area (Å²) in [7, 11) is 0. The molecule has 0 radical (unpaired) electrons. The Labute approximate surface area is 185 Å². The van der Waals surface area contributed by atoms with Gasteiger partial charge in [0.15, 0.2) is 17.5 Å². The second-order valence-corrected chi connectivity index (χ2v) is 7.88. The number of carbonyl (C=O) groups is 2. The van der Waals surface area contributed by atoms with Crippen molar-refractivity contribution in [3.63, 3.8) is 0 Å². The quantitative estimate of drug-likeness (QED) is 0.362. The number of thioether (sulfide) groups is 1. The van der Waals surface area contributed by atoms with Crippen molar-refractivity contribution in [3.8, 4) is 0 Å². The van der Waals surface area contributed by atoms with Gasteiger partial charge in [0.1, 0.15) is 0 Å². The summed E-state index contributed by atoms with van der Waals surface area (Å²) in [6.07, 6.45) is 0. The Morgan fingerprint density at radius 1 is 0.871 bits per heavy atom. The largest absolute Gasteiger partial charge is 0.343 e. The smallest absolute Gasteiger partial charge is 0.251 e. The van der Waals surface area contributed by atoms with E-state index in [1.165, 1.54) is 0 Å². The molecular formula is C22H16ClF3N2O2S. The lowest BCUT2D eigenvalue weighted by atomic mass is 10.1. The molecule has 0 aliphatic carbocycles. The standard InChI is InChI=1S/C22H16ClF3N2O2S/c23-15-5-7-16(8-6-15)31-12-13-1-3-14(4-2-13)22(30)27-11-19(29)28-18-10-9-17(24)20(25)21(18)26/h1-10H,11-12H2,(H,27,30)(H,28,29). The summed E-state index contributed by atoms with van der Waals surface area (Å²) in [6.45, 7) is -0.467. The highest BCUT2D eigenvalue weighted by Gasteiger charge is 2.16. The minimum Gasteiger partial charge on any atom is -0.343 e. The van der Waals surface area contributed by atoms with Crippen molar-refractivity contribution < 1.29 is 22.8 Å². The maximum atomic E-state index is 13.6. The molecule has 160 valence electrons. The number of halogens is 4. The molecule has 3 aromatic carbocycles. The molecule has 3 aromatic rings. The van der Waals surface area contributed by atoms with E-state index in [-0.39, 0.29) is 0 Å². The summed E-state index contributed by atoms with van der Waals surface area (Å²) in [4.78, 5) is 25.1. The average Bonchev–Trinajstić information content (AvgIpc) is 2.78. The van der Waals surface area contributed by atoms with E-state index in [0.717, 1.165) is 16.5 Å². The second-order valence-electron chi connectivity index (χ2n) is 6.39. The zero-order valence-electron chi connectivity index (χ0n) is 15.9. The van der Waals surface area contributed by atoms with Crippen molar-refractivity contribution in [3.05, 3.63) is 94.3 Å². The fourth-order valence-electron chi connectivity index (χ4n) is 2.53. The predicted octanol–water partition coefficient (Wildman–Crippen LogP) is 5.42. The lowest BCUT2D eigenvalue weighted by Gasteiger charge is -2.09. The van der Waals surface area contributed by atoms with Crippen molar-refractivity contribution >= 4 is 40.9 Å². The van der Waals surface area contributed by atoms with Crippen LogP contribution in [0.1, 0.15) is 15.9 Å². The first-order valence-corrected chi connectivity index (χ1v) is 10.4. The first-order valence-electron chi connectivity index (χ1n) is 9.02. The van der Waals surface area contributed by atoms with E-state index in [1.54, 1.807) is 36.0 Å². The molecule has 0 bridgehead atoms. The van der Waals surface area contributed by atoms with E-state index >= 15 is 0 Å².